The summed E-state index contributed by atoms with van der Waals surface area (Å²) in [5.74, 6) is -0.993. The molecule has 8 heteroatoms. The van der Waals surface area contributed by atoms with Crippen LogP contribution in [0.1, 0.15) is 54.9 Å². The van der Waals surface area contributed by atoms with Gasteiger partial charge in [-0.25, -0.2) is 9.36 Å². The van der Waals surface area contributed by atoms with Crippen molar-refractivity contribution in [3.63, 3.8) is 0 Å². The van der Waals surface area contributed by atoms with Crippen molar-refractivity contribution in [1.29, 1.82) is 0 Å². The van der Waals surface area contributed by atoms with E-state index in [1.165, 1.54) is 0 Å². The number of phosphoric acid groups is 1. The normalized spacial score (nSPS) is 10.5. The minimum atomic E-state index is -4.64. The third-order valence-corrected chi connectivity index (χ3v) is 2.73. The first-order valence-corrected chi connectivity index (χ1v) is 8.80. The summed E-state index contributed by atoms with van der Waals surface area (Å²) in [7, 11) is -4.64. The maximum Gasteiger partial charge on any atom is 0.466 e. The van der Waals surface area contributed by atoms with Gasteiger partial charge in [0.2, 0.25) is 0 Å². The Bertz CT molecular complexity index is 525. The predicted molar refractivity (Wildman–Crippen MR) is 84.6 cm³/mol. The van der Waals surface area contributed by atoms with Crippen molar-refractivity contribution in [2.45, 2.75) is 46.0 Å². The van der Waals surface area contributed by atoms with E-state index in [0.717, 1.165) is 31.2 Å². The highest BCUT2D eigenvalue weighted by atomic mass is 31.2. The van der Waals surface area contributed by atoms with Gasteiger partial charge in [0.25, 0.3) is 0 Å². The second-order valence-corrected chi connectivity index (χ2v) is 5.98. The van der Waals surface area contributed by atoms with E-state index >= 15 is 0 Å². The number of rotatable bonds is 6. The number of carbonyl (C=O) groups excluding carboxylic acids is 2. The molecule has 0 fully saturated rings. The zero-order chi connectivity index (χ0) is 17.9. The molecule has 130 valence electrons. The van der Waals surface area contributed by atoms with Gasteiger partial charge in [0.05, 0.1) is 5.56 Å². The van der Waals surface area contributed by atoms with Crippen LogP contribution in [0.4, 0.5) is 0 Å². The van der Waals surface area contributed by atoms with Gasteiger partial charge in [-0.05, 0) is 25.5 Å². The second-order valence-electron chi connectivity index (χ2n) is 4.95. The van der Waals surface area contributed by atoms with Gasteiger partial charge < -0.3 is 19.4 Å². The van der Waals surface area contributed by atoms with Gasteiger partial charge in [-0.2, -0.15) is 0 Å². The minimum absolute atomic E-state index is 0.317. The van der Waals surface area contributed by atoms with Crippen molar-refractivity contribution in [1.82, 2.24) is 0 Å². The molecule has 0 saturated heterocycles. The molecule has 7 nitrogen and oxygen atoms in total. The summed E-state index contributed by atoms with van der Waals surface area (Å²) in [6, 6.07) is 6.98. The number of hydrogen-bond acceptors (Lipinski definition) is 4. The summed E-state index contributed by atoms with van der Waals surface area (Å²) >= 11 is 0. The maximum atomic E-state index is 11.6. The van der Waals surface area contributed by atoms with Gasteiger partial charge in [0, 0.05) is 6.42 Å². The smallest absolute Gasteiger partial charge is 0.389 e. The average Bonchev–Trinajstić information content (AvgIpc) is 2.42. The zero-order valence-electron chi connectivity index (χ0n) is 13.3. The van der Waals surface area contributed by atoms with Crippen LogP contribution in [-0.2, 0) is 14.1 Å². The molecule has 1 aromatic rings. The third kappa shape index (κ3) is 13.8. The van der Waals surface area contributed by atoms with E-state index in [9.17, 15) is 9.59 Å². The SMILES string of the molecule is CCCCCCC(=O)OC(=O)c1ccc(C)cc1.O=P(O)(O)O. The first kappa shape index (κ1) is 21.5. The molecular formula is C15H23O7P. The zero-order valence-corrected chi connectivity index (χ0v) is 14.2. The first-order chi connectivity index (χ1) is 10.6. The molecule has 0 aliphatic heterocycles. The van der Waals surface area contributed by atoms with E-state index < -0.39 is 19.8 Å². The fourth-order valence-electron chi connectivity index (χ4n) is 1.60. The summed E-state index contributed by atoms with van der Waals surface area (Å²) in [5, 5.41) is 0. The summed E-state index contributed by atoms with van der Waals surface area (Å²) in [6.07, 6.45) is 4.34. The lowest BCUT2D eigenvalue weighted by molar-refractivity contribution is -0.138. The first-order valence-electron chi connectivity index (χ1n) is 7.23. The molecule has 3 N–H and O–H groups in total. The average molecular weight is 346 g/mol. The van der Waals surface area contributed by atoms with Gasteiger partial charge in [-0.3, -0.25) is 4.79 Å². The molecule has 0 heterocycles. The Morgan fingerprint density at radius 2 is 1.57 bits per heavy atom. The van der Waals surface area contributed by atoms with Crippen molar-refractivity contribution in [3.05, 3.63) is 35.4 Å². The standard InChI is InChI=1S/C15H20O3.H3O4P/c1-3-4-5-6-7-14(16)18-15(17)13-10-8-12(2)9-11-13;1-5(2,3)4/h8-11H,3-7H2,1-2H3;(H3,1,2,3,4). The Labute approximate surface area is 135 Å². The number of aryl methyl sites for hydroxylation is 1. The molecule has 0 amide bonds. The number of benzene rings is 1. The van der Waals surface area contributed by atoms with Crippen LogP contribution in [0.2, 0.25) is 0 Å². The Morgan fingerprint density at radius 1 is 1.04 bits per heavy atom. The molecule has 0 saturated carbocycles. The van der Waals surface area contributed by atoms with Crippen LogP contribution in [0, 0.1) is 6.92 Å². The van der Waals surface area contributed by atoms with Crippen LogP contribution in [0.15, 0.2) is 24.3 Å². The monoisotopic (exact) mass is 346 g/mol. The quantitative estimate of drug-likeness (QED) is 0.313. The highest BCUT2D eigenvalue weighted by molar-refractivity contribution is 7.45. The second kappa shape index (κ2) is 11.1. The van der Waals surface area contributed by atoms with E-state index in [4.69, 9.17) is 24.0 Å². The van der Waals surface area contributed by atoms with Crippen molar-refractivity contribution in [2.24, 2.45) is 0 Å². The lowest BCUT2D eigenvalue weighted by atomic mass is 10.1. The molecule has 0 aromatic heterocycles. The Morgan fingerprint density at radius 3 is 2.04 bits per heavy atom. The fourth-order valence-corrected chi connectivity index (χ4v) is 1.60. The summed E-state index contributed by atoms with van der Waals surface area (Å²) in [6.45, 7) is 4.05. The number of hydrogen-bond donors (Lipinski definition) is 3. The molecule has 0 atom stereocenters. The van der Waals surface area contributed by atoms with E-state index in [0.29, 0.717) is 12.0 Å². The van der Waals surface area contributed by atoms with E-state index in [1.54, 1.807) is 12.1 Å². The lowest BCUT2D eigenvalue weighted by Gasteiger charge is -2.03. The molecule has 0 unspecified atom stereocenters. The van der Waals surface area contributed by atoms with Crippen molar-refractivity contribution in [2.75, 3.05) is 0 Å². The Hall–Kier alpha value is -1.53. The van der Waals surface area contributed by atoms with Crippen LogP contribution in [0.25, 0.3) is 0 Å². The van der Waals surface area contributed by atoms with Crippen molar-refractivity contribution >= 4 is 19.8 Å². The van der Waals surface area contributed by atoms with Crippen LogP contribution < -0.4 is 0 Å². The third-order valence-electron chi connectivity index (χ3n) is 2.73. The van der Waals surface area contributed by atoms with E-state index in [-0.39, 0.29) is 0 Å². The Kier molecular flexibility index (Phi) is 10.3. The van der Waals surface area contributed by atoms with Crippen LogP contribution in [-0.4, -0.2) is 26.6 Å². The van der Waals surface area contributed by atoms with Crippen molar-refractivity contribution in [3.8, 4) is 0 Å². The van der Waals surface area contributed by atoms with Gasteiger partial charge in [0.1, 0.15) is 0 Å². The van der Waals surface area contributed by atoms with Crippen LogP contribution in [0.3, 0.4) is 0 Å². The molecule has 0 bridgehead atoms. The van der Waals surface area contributed by atoms with Gasteiger partial charge >= 0.3 is 19.8 Å². The number of unbranched alkanes of at least 4 members (excludes halogenated alkanes) is 3. The summed E-state index contributed by atoms with van der Waals surface area (Å²) in [4.78, 5) is 44.6. The largest absolute Gasteiger partial charge is 0.466 e. The highest BCUT2D eigenvalue weighted by Gasteiger charge is 2.12. The number of ether oxygens (including phenoxy) is 1. The van der Waals surface area contributed by atoms with E-state index in [2.05, 4.69) is 6.92 Å². The molecule has 0 aliphatic rings. The number of esters is 2. The topological polar surface area (TPSA) is 121 Å². The summed E-state index contributed by atoms with van der Waals surface area (Å²) in [5.41, 5.74) is 1.49. The predicted octanol–water partition coefficient (Wildman–Crippen LogP) is 2.72. The molecule has 1 rings (SSSR count). The molecule has 0 radical (unpaired) electrons. The van der Waals surface area contributed by atoms with Gasteiger partial charge in [-0.1, -0.05) is 43.9 Å². The molecule has 0 aliphatic carbocycles. The molecular weight excluding hydrogens is 323 g/mol. The molecule has 0 spiro atoms. The van der Waals surface area contributed by atoms with Gasteiger partial charge in [-0.15, -0.1) is 0 Å². The molecule has 1 aromatic carbocycles. The summed E-state index contributed by atoms with van der Waals surface area (Å²) < 4.78 is 13.7. The number of carbonyl (C=O) groups is 2. The highest BCUT2D eigenvalue weighted by Crippen LogP contribution is 2.25. The van der Waals surface area contributed by atoms with Crippen molar-refractivity contribution < 1.29 is 33.6 Å². The fraction of sp³-hybridized carbons (Fsp3) is 0.467. The lowest BCUT2D eigenvalue weighted by Crippen LogP contribution is -2.12. The molecule has 23 heavy (non-hydrogen) atoms. The Balaban J connectivity index is 0.000000841. The van der Waals surface area contributed by atoms with Crippen LogP contribution in [0.5, 0.6) is 0 Å². The van der Waals surface area contributed by atoms with E-state index in [1.807, 2.05) is 19.1 Å². The van der Waals surface area contributed by atoms with Crippen LogP contribution >= 0.6 is 7.82 Å². The van der Waals surface area contributed by atoms with Gasteiger partial charge in [0.15, 0.2) is 0 Å². The maximum absolute atomic E-state index is 11.6. The minimum Gasteiger partial charge on any atom is -0.389 e.